The van der Waals surface area contributed by atoms with Gasteiger partial charge in [-0.05, 0) is 43.3 Å². The average Bonchev–Trinajstić information content (AvgIpc) is 2.76. The third kappa shape index (κ3) is 6.62. The number of rotatable bonds is 9. The quantitative estimate of drug-likeness (QED) is 0.600. The Kier molecular flexibility index (Phi) is 8.37. The number of esters is 2. The third-order valence-electron chi connectivity index (χ3n) is 3.81. The second kappa shape index (κ2) is 11.2. The minimum atomic E-state index is -0.786. The van der Waals surface area contributed by atoms with E-state index >= 15 is 0 Å². The molecule has 9 heteroatoms. The van der Waals surface area contributed by atoms with E-state index in [-0.39, 0.29) is 17.9 Å². The Morgan fingerprint density at radius 2 is 1.63 bits per heavy atom. The van der Waals surface area contributed by atoms with Gasteiger partial charge in [0.15, 0.2) is 6.61 Å². The molecule has 0 radical (unpaired) electrons. The van der Waals surface area contributed by atoms with Crippen molar-refractivity contribution >= 4 is 29.4 Å². The summed E-state index contributed by atoms with van der Waals surface area (Å²) in [6, 6.07) is 12.6. The van der Waals surface area contributed by atoms with Crippen LogP contribution in [0.25, 0.3) is 0 Å². The fourth-order valence-corrected chi connectivity index (χ4v) is 2.36. The van der Waals surface area contributed by atoms with Crippen molar-refractivity contribution < 1.29 is 33.4 Å². The molecular weight excluding hydrogens is 392 g/mol. The Morgan fingerprint density at radius 3 is 2.30 bits per heavy atom. The molecule has 9 nitrogen and oxygen atoms in total. The van der Waals surface area contributed by atoms with Gasteiger partial charge in [0, 0.05) is 5.56 Å². The van der Waals surface area contributed by atoms with Crippen molar-refractivity contribution in [2.75, 3.05) is 32.2 Å². The lowest BCUT2D eigenvalue weighted by molar-refractivity contribution is -0.146. The van der Waals surface area contributed by atoms with Crippen molar-refractivity contribution in [3.05, 3.63) is 59.7 Å². The lowest BCUT2D eigenvalue weighted by atomic mass is 10.2. The molecule has 0 heterocycles. The second-order valence-electron chi connectivity index (χ2n) is 5.89. The molecule has 2 N–H and O–H groups in total. The number of para-hydroxylation sites is 1. The molecule has 0 fully saturated rings. The second-order valence-corrected chi connectivity index (χ2v) is 5.89. The summed E-state index contributed by atoms with van der Waals surface area (Å²) in [6.07, 6.45) is 0. The lowest BCUT2D eigenvalue weighted by Gasteiger charge is -2.11. The van der Waals surface area contributed by atoms with Gasteiger partial charge in [0.2, 0.25) is 0 Å². The van der Waals surface area contributed by atoms with Crippen molar-refractivity contribution in [3.8, 4) is 5.75 Å². The summed E-state index contributed by atoms with van der Waals surface area (Å²) in [4.78, 5) is 47.7. The molecule has 0 saturated carbocycles. The minimum Gasteiger partial charge on any atom is -0.497 e. The topological polar surface area (TPSA) is 120 Å². The lowest BCUT2D eigenvalue weighted by Crippen LogP contribution is -2.32. The number of carbonyl (C=O) groups is 4. The van der Waals surface area contributed by atoms with Crippen LogP contribution in [0, 0.1) is 0 Å². The van der Waals surface area contributed by atoms with E-state index in [1.165, 1.54) is 19.2 Å². The molecule has 0 spiro atoms. The summed E-state index contributed by atoms with van der Waals surface area (Å²) < 4.78 is 14.8. The maximum Gasteiger partial charge on any atom is 0.340 e. The van der Waals surface area contributed by atoms with Crippen LogP contribution in [0.5, 0.6) is 5.75 Å². The number of ether oxygens (including phenoxy) is 3. The smallest absolute Gasteiger partial charge is 0.340 e. The summed E-state index contributed by atoms with van der Waals surface area (Å²) in [6.45, 7) is 0.888. The van der Waals surface area contributed by atoms with Gasteiger partial charge in [-0.15, -0.1) is 0 Å². The SMILES string of the molecule is CCOC(=O)c1ccccc1NC(=O)COC(=O)CNC(=O)c1ccc(OC)cc1. The molecule has 0 atom stereocenters. The predicted octanol–water partition coefficient (Wildman–Crippen LogP) is 1.78. The molecule has 0 aliphatic carbocycles. The van der Waals surface area contributed by atoms with Crippen LogP contribution >= 0.6 is 0 Å². The van der Waals surface area contributed by atoms with Gasteiger partial charge in [0.1, 0.15) is 12.3 Å². The first-order valence-corrected chi connectivity index (χ1v) is 9.08. The van der Waals surface area contributed by atoms with Crippen molar-refractivity contribution in [3.63, 3.8) is 0 Å². The molecule has 2 aromatic carbocycles. The van der Waals surface area contributed by atoms with Gasteiger partial charge in [-0.25, -0.2) is 4.79 Å². The zero-order chi connectivity index (χ0) is 21.9. The highest BCUT2D eigenvalue weighted by Gasteiger charge is 2.15. The van der Waals surface area contributed by atoms with Gasteiger partial charge in [-0.1, -0.05) is 12.1 Å². The summed E-state index contributed by atoms with van der Waals surface area (Å²) in [5, 5.41) is 4.89. The zero-order valence-electron chi connectivity index (χ0n) is 16.6. The maximum absolute atomic E-state index is 12.0. The van der Waals surface area contributed by atoms with E-state index in [1.807, 2.05) is 0 Å². The molecule has 158 valence electrons. The molecule has 0 saturated heterocycles. The number of benzene rings is 2. The molecule has 30 heavy (non-hydrogen) atoms. The van der Waals surface area contributed by atoms with Crippen LogP contribution < -0.4 is 15.4 Å². The van der Waals surface area contributed by atoms with Gasteiger partial charge in [-0.3, -0.25) is 14.4 Å². The van der Waals surface area contributed by atoms with Crippen molar-refractivity contribution in [2.45, 2.75) is 6.92 Å². The van der Waals surface area contributed by atoms with Crippen molar-refractivity contribution in [1.29, 1.82) is 0 Å². The monoisotopic (exact) mass is 414 g/mol. The fraction of sp³-hybridized carbons (Fsp3) is 0.238. The number of carbonyl (C=O) groups excluding carboxylic acids is 4. The van der Waals surface area contributed by atoms with Crippen LogP contribution in [0.15, 0.2) is 48.5 Å². The first-order valence-electron chi connectivity index (χ1n) is 9.08. The summed E-state index contributed by atoms with van der Waals surface area (Å²) >= 11 is 0. The van der Waals surface area contributed by atoms with Crippen LogP contribution in [-0.2, 0) is 19.1 Å². The van der Waals surface area contributed by atoms with E-state index in [1.54, 1.807) is 43.3 Å². The maximum atomic E-state index is 12.0. The highest BCUT2D eigenvalue weighted by atomic mass is 16.5. The summed E-state index contributed by atoms with van der Waals surface area (Å²) in [5.74, 6) is -1.87. The molecule has 0 aromatic heterocycles. The molecule has 0 aliphatic heterocycles. The van der Waals surface area contributed by atoms with E-state index in [0.29, 0.717) is 11.3 Å². The first-order chi connectivity index (χ1) is 14.4. The molecule has 0 aliphatic rings. The normalized spacial score (nSPS) is 9.93. The number of nitrogens with one attached hydrogen (secondary N) is 2. The van der Waals surface area contributed by atoms with E-state index in [4.69, 9.17) is 14.2 Å². The van der Waals surface area contributed by atoms with Gasteiger partial charge in [0.05, 0.1) is 25.0 Å². The molecule has 2 rings (SSSR count). The van der Waals surface area contributed by atoms with E-state index in [9.17, 15) is 19.2 Å². The summed E-state index contributed by atoms with van der Waals surface area (Å²) in [5.41, 5.74) is 0.771. The van der Waals surface area contributed by atoms with Crippen molar-refractivity contribution in [2.24, 2.45) is 0 Å². The number of hydrogen-bond acceptors (Lipinski definition) is 7. The zero-order valence-corrected chi connectivity index (χ0v) is 16.6. The minimum absolute atomic E-state index is 0.186. The Labute approximate surface area is 173 Å². The number of amides is 2. The highest BCUT2D eigenvalue weighted by molar-refractivity contribution is 6.02. The predicted molar refractivity (Wildman–Crippen MR) is 107 cm³/mol. The van der Waals surface area contributed by atoms with Gasteiger partial charge >= 0.3 is 11.9 Å². The molecule has 0 unspecified atom stereocenters. The van der Waals surface area contributed by atoms with Crippen LogP contribution in [0.1, 0.15) is 27.6 Å². The van der Waals surface area contributed by atoms with Crippen LogP contribution in [0.3, 0.4) is 0 Å². The average molecular weight is 414 g/mol. The fourth-order valence-electron chi connectivity index (χ4n) is 2.36. The standard InChI is InChI=1S/C21H22N2O7/c1-3-29-21(27)16-6-4-5-7-17(16)23-18(24)13-30-19(25)12-22-20(26)14-8-10-15(28-2)11-9-14/h4-11H,3,12-13H2,1-2H3,(H,22,26)(H,23,24). The molecule has 2 amide bonds. The Balaban J connectivity index is 1.80. The Morgan fingerprint density at radius 1 is 0.933 bits per heavy atom. The van der Waals surface area contributed by atoms with Crippen molar-refractivity contribution in [1.82, 2.24) is 5.32 Å². The Bertz CT molecular complexity index is 910. The van der Waals surface area contributed by atoms with Gasteiger partial charge in [0.25, 0.3) is 11.8 Å². The number of anilines is 1. The first kappa shape index (κ1) is 22.4. The van der Waals surface area contributed by atoms with Gasteiger partial charge < -0.3 is 24.8 Å². The van der Waals surface area contributed by atoms with Crippen LogP contribution in [-0.4, -0.2) is 50.6 Å². The largest absolute Gasteiger partial charge is 0.497 e. The number of methoxy groups -OCH3 is 1. The molecule has 2 aromatic rings. The van der Waals surface area contributed by atoms with Gasteiger partial charge in [-0.2, -0.15) is 0 Å². The molecular formula is C21H22N2O7. The number of hydrogen-bond donors (Lipinski definition) is 2. The van der Waals surface area contributed by atoms with Crippen LogP contribution in [0.2, 0.25) is 0 Å². The van der Waals surface area contributed by atoms with Crippen LogP contribution in [0.4, 0.5) is 5.69 Å². The van der Waals surface area contributed by atoms with E-state index < -0.39 is 36.9 Å². The highest BCUT2D eigenvalue weighted by Crippen LogP contribution is 2.16. The summed E-state index contributed by atoms with van der Waals surface area (Å²) in [7, 11) is 1.51. The Hall–Kier alpha value is -3.88. The third-order valence-corrected chi connectivity index (χ3v) is 3.81. The molecule has 0 bridgehead atoms. The van der Waals surface area contributed by atoms with E-state index in [2.05, 4.69) is 10.6 Å². The van der Waals surface area contributed by atoms with E-state index in [0.717, 1.165) is 0 Å².